The topological polar surface area (TPSA) is 49.4 Å². The van der Waals surface area contributed by atoms with Crippen LogP contribution in [0.15, 0.2) is 72.8 Å². The zero-order chi connectivity index (χ0) is 21.1. The van der Waals surface area contributed by atoms with Crippen molar-refractivity contribution in [1.29, 1.82) is 0 Å². The van der Waals surface area contributed by atoms with E-state index < -0.39 is 0 Å². The van der Waals surface area contributed by atoms with Crippen LogP contribution in [0.2, 0.25) is 0 Å². The van der Waals surface area contributed by atoms with Crippen LogP contribution in [0.1, 0.15) is 23.1 Å². The molecular formula is C26H26N2O2. The highest BCUT2D eigenvalue weighted by Crippen LogP contribution is 2.24. The van der Waals surface area contributed by atoms with Gasteiger partial charge in [0.1, 0.15) is 0 Å². The third-order valence-corrected chi connectivity index (χ3v) is 5.72. The van der Waals surface area contributed by atoms with Gasteiger partial charge in [0.05, 0.1) is 12.5 Å². The minimum absolute atomic E-state index is 0.0516. The van der Waals surface area contributed by atoms with Gasteiger partial charge in [-0.25, -0.2) is 0 Å². The van der Waals surface area contributed by atoms with Gasteiger partial charge in [0.25, 0.3) is 0 Å². The van der Waals surface area contributed by atoms with Gasteiger partial charge in [-0.1, -0.05) is 60.7 Å². The van der Waals surface area contributed by atoms with E-state index >= 15 is 0 Å². The van der Waals surface area contributed by atoms with Gasteiger partial charge in [-0.05, 0) is 53.8 Å². The second-order valence-corrected chi connectivity index (χ2v) is 7.98. The lowest BCUT2D eigenvalue weighted by Crippen LogP contribution is -2.38. The van der Waals surface area contributed by atoms with Crippen molar-refractivity contribution in [1.82, 2.24) is 5.32 Å². The Morgan fingerprint density at radius 3 is 2.33 bits per heavy atom. The first-order chi connectivity index (χ1) is 14.5. The van der Waals surface area contributed by atoms with Crippen LogP contribution in [0.25, 0.3) is 11.1 Å². The van der Waals surface area contributed by atoms with Gasteiger partial charge in [0.2, 0.25) is 11.8 Å². The molecule has 0 saturated carbocycles. The summed E-state index contributed by atoms with van der Waals surface area (Å²) in [5.41, 5.74) is 6.51. The third-order valence-electron chi connectivity index (χ3n) is 5.72. The quantitative estimate of drug-likeness (QED) is 0.691. The first kappa shape index (κ1) is 19.9. The number of carbonyl (C=O) groups is 2. The lowest BCUT2D eigenvalue weighted by Gasteiger charge is -2.18. The zero-order valence-corrected chi connectivity index (χ0v) is 17.4. The van der Waals surface area contributed by atoms with Crippen molar-refractivity contribution < 1.29 is 9.59 Å². The van der Waals surface area contributed by atoms with Crippen molar-refractivity contribution in [3.05, 3.63) is 89.5 Å². The van der Waals surface area contributed by atoms with E-state index in [1.165, 1.54) is 5.56 Å². The van der Waals surface area contributed by atoms with E-state index in [1.807, 2.05) is 67.6 Å². The lowest BCUT2D eigenvalue weighted by atomic mass is 10.0. The summed E-state index contributed by atoms with van der Waals surface area (Å²) in [5.74, 6) is -0.00188. The van der Waals surface area contributed by atoms with Gasteiger partial charge in [-0.15, -0.1) is 0 Å². The Morgan fingerprint density at radius 1 is 0.933 bits per heavy atom. The second kappa shape index (κ2) is 8.54. The van der Waals surface area contributed by atoms with Crippen molar-refractivity contribution in [3.63, 3.8) is 0 Å². The number of benzene rings is 3. The first-order valence-corrected chi connectivity index (χ1v) is 10.3. The average Bonchev–Trinajstić information content (AvgIpc) is 3.11. The van der Waals surface area contributed by atoms with E-state index in [0.717, 1.165) is 27.9 Å². The largest absolute Gasteiger partial charge is 0.351 e. The fourth-order valence-electron chi connectivity index (χ4n) is 3.86. The number of rotatable bonds is 5. The summed E-state index contributed by atoms with van der Waals surface area (Å²) in [4.78, 5) is 26.8. The van der Waals surface area contributed by atoms with Crippen molar-refractivity contribution >= 4 is 17.5 Å². The summed E-state index contributed by atoms with van der Waals surface area (Å²) >= 11 is 0. The maximum atomic E-state index is 12.5. The lowest BCUT2D eigenvalue weighted by molar-refractivity contribution is -0.121. The minimum Gasteiger partial charge on any atom is -0.351 e. The van der Waals surface area contributed by atoms with Crippen LogP contribution in [0.3, 0.4) is 0 Å². The number of carbonyl (C=O) groups excluding carboxylic acids is 2. The SMILES string of the molecule is Cc1ccc(N2C[C@@H](NC(=O)Cc3ccc(-c4ccccc4)cc3)CC2=O)cc1C. The van der Waals surface area contributed by atoms with Crippen LogP contribution in [0.4, 0.5) is 5.69 Å². The van der Waals surface area contributed by atoms with Gasteiger partial charge in [0.15, 0.2) is 0 Å². The summed E-state index contributed by atoms with van der Waals surface area (Å²) in [7, 11) is 0. The summed E-state index contributed by atoms with van der Waals surface area (Å²) in [6.07, 6.45) is 0.648. The van der Waals surface area contributed by atoms with Gasteiger partial charge >= 0.3 is 0 Å². The Kier molecular flexibility index (Phi) is 5.66. The van der Waals surface area contributed by atoms with Gasteiger partial charge < -0.3 is 10.2 Å². The summed E-state index contributed by atoms with van der Waals surface area (Å²) < 4.78 is 0. The minimum atomic E-state index is -0.157. The molecule has 30 heavy (non-hydrogen) atoms. The number of amides is 2. The standard InChI is InChI=1S/C26H26N2O2/c1-18-8-13-24(14-19(18)2)28-17-23(16-26(28)30)27-25(29)15-20-9-11-22(12-10-20)21-6-4-3-5-7-21/h3-14,23H,15-17H2,1-2H3,(H,27,29)/t23-/m0/s1. The van der Waals surface area contributed by atoms with Gasteiger partial charge in [-0.3, -0.25) is 9.59 Å². The molecule has 0 radical (unpaired) electrons. The van der Waals surface area contributed by atoms with E-state index in [-0.39, 0.29) is 17.9 Å². The van der Waals surface area contributed by atoms with Crippen LogP contribution in [-0.4, -0.2) is 24.4 Å². The van der Waals surface area contributed by atoms with E-state index in [0.29, 0.717) is 19.4 Å². The molecule has 3 aromatic rings. The van der Waals surface area contributed by atoms with Gasteiger partial charge in [-0.2, -0.15) is 0 Å². The average molecular weight is 399 g/mol. The van der Waals surface area contributed by atoms with E-state index in [1.54, 1.807) is 4.90 Å². The molecule has 0 aliphatic carbocycles. The van der Waals surface area contributed by atoms with Crippen molar-refractivity contribution in [2.24, 2.45) is 0 Å². The molecule has 3 aromatic carbocycles. The Balaban J connectivity index is 1.35. The fourth-order valence-corrected chi connectivity index (χ4v) is 3.86. The molecule has 4 nitrogen and oxygen atoms in total. The summed E-state index contributed by atoms with van der Waals surface area (Å²) in [6, 6.07) is 24.1. The Morgan fingerprint density at radius 2 is 1.63 bits per heavy atom. The molecule has 1 aliphatic rings. The van der Waals surface area contributed by atoms with Crippen LogP contribution in [0, 0.1) is 13.8 Å². The molecule has 1 saturated heterocycles. The molecule has 0 unspecified atom stereocenters. The Labute approximate surface area is 177 Å². The van der Waals surface area contributed by atoms with Crippen LogP contribution in [0.5, 0.6) is 0 Å². The van der Waals surface area contributed by atoms with Gasteiger partial charge in [0, 0.05) is 18.7 Å². The van der Waals surface area contributed by atoms with E-state index in [9.17, 15) is 9.59 Å². The monoisotopic (exact) mass is 398 g/mol. The second-order valence-electron chi connectivity index (χ2n) is 7.98. The molecule has 0 spiro atoms. The normalized spacial score (nSPS) is 16.0. The molecule has 0 bridgehead atoms. The van der Waals surface area contributed by atoms with E-state index in [4.69, 9.17) is 0 Å². The molecule has 1 heterocycles. The zero-order valence-electron chi connectivity index (χ0n) is 17.4. The first-order valence-electron chi connectivity index (χ1n) is 10.3. The molecule has 4 rings (SSSR count). The summed E-state index contributed by atoms with van der Waals surface area (Å²) in [6.45, 7) is 4.61. The molecular weight excluding hydrogens is 372 g/mol. The highest BCUT2D eigenvalue weighted by molar-refractivity contribution is 5.97. The predicted octanol–water partition coefficient (Wildman–Crippen LogP) is 4.43. The molecule has 2 amide bonds. The Bertz CT molecular complexity index is 1060. The number of nitrogens with zero attached hydrogens (tertiary/aromatic N) is 1. The van der Waals surface area contributed by atoms with Crippen molar-refractivity contribution in [3.8, 4) is 11.1 Å². The summed E-state index contributed by atoms with van der Waals surface area (Å²) in [5, 5.41) is 3.03. The van der Waals surface area contributed by atoms with E-state index in [2.05, 4.69) is 24.4 Å². The fraction of sp³-hybridized carbons (Fsp3) is 0.231. The Hall–Kier alpha value is -3.40. The number of hydrogen-bond donors (Lipinski definition) is 1. The maximum Gasteiger partial charge on any atom is 0.229 e. The number of nitrogens with one attached hydrogen (secondary N) is 1. The predicted molar refractivity (Wildman–Crippen MR) is 120 cm³/mol. The van der Waals surface area contributed by atoms with Crippen LogP contribution < -0.4 is 10.2 Å². The molecule has 1 aliphatic heterocycles. The smallest absolute Gasteiger partial charge is 0.229 e. The van der Waals surface area contributed by atoms with Crippen molar-refractivity contribution in [2.45, 2.75) is 32.7 Å². The highest BCUT2D eigenvalue weighted by atomic mass is 16.2. The number of anilines is 1. The molecule has 1 N–H and O–H groups in total. The maximum absolute atomic E-state index is 12.5. The van der Waals surface area contributed by atoms with Crippen molar-refractivity contribution in [2.75, 3.05) is 11.4 Å². The number of aryl methyl sites for hydroxylation is 2. The highest BCUT2D eigenvalue weighted by Gasteiger charge is 2.31. The molecule has 0 aromatic heterocycles. The molecule has 1 atom stereocenters. The molecule has 1 fully saturated rings. The number of hydrogen-bond acceptors (Lipinski definition) is 2. The molecule has 4 heteroatoms. The molecule has 152 valence electrons. The third kappa shape index (κ3) is 4.43. The van der Waals surface area contributed by atoms with Crippen LogP contribution in [-0.2, 0) is 16.0 Å². The van der Waals surface area contributed by atoms with Crippen LogP contribution >= 0.6 is 0 Å².